The summed E-state index contributed by atoms with van der Waals surface area (Å²) in [5.41, 5.74) is 9.99. The van der Waals surface area contributed by atoms with Gasteiger partial charge in [-0.2, -0.15) is 9.97 Å². The molecule has 14 nitrogen and oxygen atoms in total. The number of aliphatic hydroxyl groups is 2. The van der Waals surface area contributed by atoms with Crippen LogP contribution in [0.15, 0.2) is 70.5 Å². The first-order valence-corrected chi connectivity index (χ1v) is 18.1. The van der Waals surface area contributed by atoms with E-state index in [1.54, 1.807) is 43.3 Å². The molecule has 2 unspecified atom stereocenters. The fourth-order valence-electron chi connectivity index (χ4n) is 6.43. The molecule has 0 fully saturated rings. The van der Waals surface area contributed by atoms with Crippen molar-refractivity contribution in [3.63, 3.8) is 0 Å². The molecule has 5 aromatic rings. The predicted molar refractivity (Wildman–Crippen MR) is 183 cm³/mol. The van der Waals surface area contributed by atoms with Gasteiger partial charge in [-0.25, -0.2) is 21.8 Å². The van der Waals surface area contributed by atoms with Crippen LogP contribution in [0.1, 0.15) is 62.5 Å². The van der Waals surface area contributed by atoms with Crippen molar-refractivity contribution in [2.24, 2.45) is 0 Å². The first-order valence-electron chi connectivity index (χ1n) is 14.9. The van der Waals surface area contributed by atoms with E-state index in [-0.39, 0.29) is 116 Å². The molecule has 1 heterocycles. The number of anilines is 5. The molecule has 1 aliphatic carbocycles. The van der Waals surface area contributed by atoms with Crippen molar-refractivity contribution in [3.8, 4) is 0 Å². The van der Waals surface area contributed by atoms with Crippen LogP contribution in [0.4, 0.5) is 28.7 Å². The van der Waals surface area contributed by atoms with Crippen LogP contribution < -0.4 is 75.5 Å². The number of aliphatic hydroxyl groups excluding tert-OH is 2. The molecule has 0 radical (unpaired) electrons. The number of hydrogen-bond acceptors (Lipinski definition) is 14. The first-order chi connectivity index (χ1) is 23.5. The number of rotatable bonds is 8. The molecule has 0 spiro atoms. The molecule has 19 heteroatoms. The summed E-state index contributed by atoms with van der Waals surface area (Å²) >= 11 is 6.21. The molecule has 52 heavy (non-hydrogen) atoms. The number of nitrogens with one attached hydrogen (secondary N) is 2. The maximum atomic E-state index is 12.7. The molecule has 6 N–H and O–H groups in total. The third-order valence-electron chi connectivity index (χ3n) is 8.67. The van der Waals surface area contributed by atoms with Gasteiger partial charge in [-0.3, -0.25) is 0 Å². The second kappa shape index (κ2) is 16.0. The molecule has 4 aromatic carbocycles. The number of nitrogen functional groups attached to an aromatic ring is 1. The van der Waals surface area contributed by atoms with Gasteiger partial charge in [-0.15, -0.1) is 0 Å². The van der Waals surface area contributed by atoms with E-state index in [4.69, 9.17) is 17.3 Å². The van der Waals surface area contributed by atoms with Gasteiger partial charge in [0.05, 0.1) is 9.79 Å². The van der Waals surface area contributed by atoms with Gasteiger partial charge in [-0.05, 0) is 96.1 Å². The Labute approximate surface area is 349 Å². The number of benzene rings is 4. The minimum Gasteiger partial charge on any atom is -0.744 e. The Kier molecular flexibility index (Phi) is 12.9. The number of halogens is 1. The van der Waals surface area contributed by atoms with Gasteiger partial charge >= 0.3 is 59.1 Å². The maximum Gasteiger partial charge on any atom is 1.00 e. The summed E-state index contributed by atoms with van der Waals surface area (Å²) in [5, 5.41) is 28.5. The van der Waals surface area contributed by atoms with Crippen molar-refractivity contribution in [2.75, 3.05) is 16.4 Å². The van der Waals surface area contributed by atoms with Crippen LogP contribution in [0.2, 0.25) is 5.28 Å². The smallest absolute Gasteiger partial charge is 0.744 e. The Morgan fingerprint density at radius 3 is 2.04 bits per heavy atom. The zero-order valence-electron chi connectivity index (χ0n) is 28.6. The van der Waals surface area contributed by atoms with E-state index in [1.165, 1.54) is 26.0 Å². The summed E-state index contributed by atoms with van der Waals surface area (Å²) in [4.78, 5) is 11.6. The van der Waals surface area contributed by atoms with E-state index in [0.29, 0.717) is 33.5 Å². The molecule has 1 aromatic heterocycles. The largest absolute Gasteiger partial charge is 1.00 e. The van der Waals surface area contributed by atoms with Crippen LogP contribution in [0.3, 0.4) is 0 Å². The van der Waals surface area contributed by atoms with E-state index in [9.17, 15) is 36.2 Å². The Morgan fingerprint density at radius 1 is 0.788 bits per heavy atom. The molecule has 0 saturated heterocycles. The molecule has 0 amide bonds. The average Bonchev–Trinajstić information content (AvgIpc) is 3.03. The van der Waals surface area contributed by atoms with Gasteiger partial charge in [-0.1, -0.05) is 30.3 Å². The molecule has 1 aliphatic rings. The minimum absolute atomic E-state index is 0. The molecule has 6 rings (SSSR count). The van der Waals surface area contributed by atoms with Crippen LogP contribution in [0.25, 0.3) is 0 Å². The topological polar surface area (TPSA) is 244 Å². The third kappa shape index (κ3) is 8.19. The Bertz CT molecular complexity index is 2440. The van der Waals surface area contributed by atoms with Crippen molar-refractivity contribution >= 4 is 60.5 Å². The molecular formula is C33H29ClN6Na2O8S2. The quantitative estimate of drug-likeness (QED) is 0.0677. The summed E-state index contributed by atoms with van der Waals surface area (Å²) in [5.74, 6) is -0.0328. The standard InChI is InChI=1S/C33H31ClN6O8S2.2Na/c1-15-22(14-25-38-32(34)40-33(39-25)36-18-7-6-8-19(13-18)49(43,44)45)16(2)31(50(46,47)48)17(3)28(15)37-24-12-11-23(35)26-27(24)30(42)21-10-5-4-9-20(21)29(26)41;;/h4-13,29-30,37,41-42H,14,35H2,1-3H3,(H,43,44,45)(H,46,47,48)(H,36,38,39,40);;/q;2*+1/p-2. The van der Waals surface area contributed by atoms with E-state index < -0.39 is 42.2 Å². The van der Waals surface area contributed by atoms with Crippen LogP contribution in [0.5, 0.6) is 0 Å². The third-order valence-corrected chi connectivity index (χ3v) is 10.8. The average molecular weight is 783 g/mol. The molecule has 0 saturated carbocycles. The number of nitrogens with two attached hydrogens (primary N) is 1. The normalized spacial score (nSPS) is 15.1. The summed E-state index contributed by atoms with van der Waals surface area (Å²) in [6.45, 7) is 4.68. The molecule has 2 atom stereocenters. The van der Waals surface area contributed by atoms with Gasteiger partial charge in [0, 0.05) is 40.3 Å². The zero-order chi connectivity index (χ0) is 36.3. The monoisotopic (exact) mass is 782 g/mol. The van der Waals surface area contributed by atoms with Crippen molar-refractivity contribution < 1.29 is 95.3 Å². The van der Waals surface area contributed by atoms with Gasteiger partial charge in [0.1, 0.15) is 38.3 Å². The Hall–Kier alpha value is -2.68. The predicted octanol–water partition coefficient (Wildman–Crippen LogP) is -1.60. The van der Waals surface area contributed by atoms with E-state index in [1.807, 2.05) is 0 Å². The Balaban J connectivity index is 0.00000302. The zero-order valence-corrected chi connectivity index (χ0v) is 35.0. The van der Waals surface area contributed by atoms with Gasteiger partial charge in [0.2, 0.25) is 11.2 Å². The summed E-state index contributed by atoms with van der Waals surface area (Å²) in [6, 6.07) is 15.1. The fourth-order valence-corrected chi connectivity index (χ4v) is 8.10. The molecule has 0 bridgehead atoms. The second-order valence-electron chi connectivity index (χ2n) is 11.7. The maximum absolute atomic E-state index is 12.7. The Morgan fingerprint density at radius 2 is 1.42 bits per heavy atom. The van der Waals surface area contributed by atoms with E-state index >= 15 is 0 Å². The van der Waals surface area contributed by atoms with Crippen LogP contribution in [0, 0.1) is 20.8 Å². The van der Waals surface area contributed by atoms with Crippen molar-refractivity contribution in [2.45, 2.75) is 49.2 Å². The number of aromatic nitrogens is 3. The van der Waals surface area contributed by atoms with E-state index in [2.05, 4.69) is 25.6 Å². The minimum atomic E-state index is -5.03. The second-order valence-corrected chi connectivity index (χ2v) is 14.8. The van der Waals surface area contributed by atoms with Crippen LogP contribution in [-0.4, -0.2) is 51.1 Å². The van der Waals surface area contributed by atoms with Gasteiger partial charge < -0.3 is 35.7 Å². The number of hydrogen-bond donors (Lipinski definition) is 5. The van der Waals surface area contributed by atoms with Crippen molar-refractivity contribution in [1.82, 2.24) is 15.0 Å². The number of nitrogens with zero attached hydrogens (tertiary/aromatic N) is 3. The van der Waals surface area contributed by atoms with E-state index in [0.717, 1.165) is 12.1 Å². The van der Waals surface area contributed by atoms with Crippen molar-refractivity contribution in [1.29, 1.82) is 0 Å². The first kappa shape index (κ1) is 42.1. The van der Waals surface area contributed by atoms with Gasteiger partial charge in [0.15, 0.2) is 0 Å². The summed E-state index contributed by atoms with van der Waals surface area (Å²) in [6.07, 6.45) is -2.48. The van der Waals surface area contributed by atoms with Crippen LogP contribution in [-0.2, 0) is 26.7 Å². The van der Waals surface area contributed by atoms with Gasteiger partial charge in [0.25, 0.3) is 0 Å². The fraction of sp³-hybridized carbons (Fsp3) is 0.182. The number of fused-ring (bicyclic) bond motifs is 2. The summed E-state index contributed by atoms with van der Waals surface area (Å²) in [7, 11) is -9.77. The molecule has 0 aliphatic heterocycles. The van der Waals surface area contributed by atoms with Crippen molar-refractivity contribution in [3.05, 3.63) is 116 Å². The van der Waals surface area contributed by atoms with Crippen LogP contribution >= 0.6 is 11.6 Å². The molecular weight excluding hydrogens is 754 g/mol. The summed E-state index contributed by atoms with van der Waals surface area (Å²) < 4.78 is 72.6. The molecule has 260 valence electrons. The SMILES string of the molecule is Cc1c(Cc2nc(Cl)nc(Nc3cccc(S(=O)(=O)[O-])c3)n2)c(C)c(S(=O)(=O)[O-])c(C)c1Nc1ccc(N)c2c1C(O)c1ccccc1C2O.[Na+].[Na+].